The van der Waals surface area contributed by atoms with Crippen LogP contribution in [0.4, 0.5) is 0 Å². The molecule has 0 saturated carbocycles. The van der Waals surface area contributed by atoms with E-state index in [9.17, 15) is 83.1 Å². The summed E-state index contributed by atoms with van der Waals surface area (Å²) >= 11 is 0. The zero-order valence-electron chi connectivity index (χ0n) is 61.6. The minimum absolute atomic E-state index is 0.0206. The first-order chi connectivity index (χ1) is 50.2. The average Bonchev–Trinajstić information content (AvgIpc) is 1.57. The second-order valence-electron chi connectivity index (χ2n) is 27.6. The Kier molecular flexibility index (Phi) is 34.9. The smallest absolute Gasteiger partial charge is 0.328 e. The fourth-order valence-corrected chi connectivity index (χ4v) is 12.5. The number of nitrogens with one attached hydrogen (secondary N) is 9. The lowest BCUT2D eigenvalue weighted by Crippen LogP contribution is -2.61. The molecule has 0 aromatic heterocycles. The van der Waals surface area contributed by atoms with Crippen LogP contribution in [0.25, 0.3) is 0 Å². The highest BCUT2D eigenvalue weighted by atomic mass is 16.5. The average molecular weight is 1490 g/mol. The molecule has 0 bridgehead atoms. The second-order valence-corrected chi connectivity index (χ2v) is 27.6. The number of primary amides is 1. The number of aliphatic hydroxyl groups excluding tert-OH is 5. The molecule has 106 heavy (non-hydrogen) atoms. The van der Waals surface area contributed by atoms with Crippen LogP contribution in [0.3, 0.4) is 0 Å². The lowest BCUT2D eigenvalue weighted by Gasteiger charge is -2.34. The number of nitrogens with zero attached hydrogens (tertiary/aromatic N) is 3. The van der Waals surface area contributed by atoms with Gasteiger partial charge in [-0.25, -0.2) is 4.79 Å². The summed E-state index contributed by atoms with van der Waals surface area (Å²) in [6, 6.07) is -0.756. The van der Waals surface area contributed by atoms with Crippen molar-refractivity contribution < 1.29 is 102 Å². The van der Waals surface area contributed by atoms with Crippen molar-refractivity contribution >= 4 is 82.8 Å². The van der Waals surface area contributed by atoms with Crippen LogP contribution in [0, 0.1) is 11.8 Å². The van der Waals surface area contributed by atoms with E-state index in [0.29, 0.717) is 23.3 Å². The Bertz CT molecular complexity index is 3420. The van der Waals surface area contributed by atoms with E-state index < -0.39 is 225 Å². The number of methoxy groups -OCH3 is 1. The van der Waals surface area contributed by atoms with Crippen LogP contribution in [0.2, 0.25) is 0 Å². The first kappa shape index (κ1) is 87.0. The number of hydrogen-bond acceptors (Lipinski definition) is 21. The number of rotatable bonds is 24. The monoisotopic (exact) mass is 1490 g/mol. The quantitative estimate of drug-likeness (QED) is 0.0363. The summed E-state index contributed by atoms with van der Waals surface area (Å²) in [5, 5.41) is 78.5. The molecule has 2 aromatic carbocycles. The Morgan fingerprint density at radius 2 is 1.23 bits per heavy atom. The summed E-state index contributed by atoms with van der Waals surface area (Å²) in [5.74, 6) is -14.3. The van der Waals surface area contributed by atoms with Gasteiger partial charge in [0.25, 0.3) is 11.8 Å². The van der Waals surface area contributed by atoms with Gasteiger partial charge in [0, 0.05) is 52.2 Å². The SMILES string of the molecule is C/C=C1/NC(=O)[C@H](CO)NC(=O)[C@@H](C(C)C)NC(=O)[C@H](Cc2ccccc2)NC(=O)[C@@H]2CCCN2C(=O)CNC(=O)[C@@H](CCC(N)=O)NC(=O)C(O)C(CC(CC(O)C(O)CC(C)C)OC(=O)[C@@H](C)N(C)C(=O)CCC)NC(=O)[C@@H]2CCCN2C(=O)C(CCc2ccc(OC)cc2)NC(=O)[C@H](CO)NC1=O. The van der Waals surface area contributed by atoms with Crippen LogP contribution in [-0.4, -0.2) is 255 Å². The molecule has 2 aromatic rings. The molecule has 14 atom stereocenters. The Labute approximate surface area is 616 Å². The normalized spacial score (nSPS) is 25.0. The molecule has 5 rings (SSSR count). The molecule has 0 aliphatic carbocycles. The maximum absolute atomic E-state index is 15.2. The van der Waals surface area contributed by atoms with Gasteiger partial charge in [0.05, 0.1) is 45.1 Å². The highest BCUT2D eigenvalue weighted by Gasteiger charge is 2.44. The van der Waals surface area contributed by atoms with Crippen molar-refractivity contribution in [3.8, 4) is 5.75 Å². The van der Waals surface area contributed by atoms with Gasteiger partial charge in [-0.2, -0.15) is 0 Å². The molecule has 3 saturated heterocycles. The number of likely N-dealkylation sites (N-methyl/N-ethyl adjacent to an activating group) is 1. The first-order valence-corrected chi connectivity index (χ1v) is 35.9. The van der Waals surface area contributed by atoms with Crippen LogP contribution < -0.4 is 58.3 Å². The predicted octanol–water partition coefficient (Wildman–Crippen LogP) is -3.23. The van der Waals surface area contributed by atoms with Gasteiger partial charge in [-0.3, -0.25) is 62.3 Å². The minimum Gasteiger partial charge on any atom is -0.497 e. The third kappa shape index (κ3) is 25.9. The number of carbonyl (C=O) groups is 14. The molecule has 3 aliphatic heterocycles. The van der Waals surface area contributed by atoms with Crippen LogP contribution in [-0.2, 0) is 84.7 Å². The van der Waals surface area contributed by atoms with Crippen molar-refractivity contribution in [2.45, 2.75) is 223 Å². The summed E-state index contributed by atoms with van der Waals surface area (Å²) in [4.78, 5) is 202. The van der Waals surface area contributed by atoms with E-state index in [-0.39, 0.29) is 76.8 Å². The molecular weight excluding hydrogens is 1380 g/mol. The number of amides is 13. The lowest BCUT2D eigenvalue weighted by molar-refractivity contribution is -0.161. The number of benzene rings is 2. The van der Waals surface area contributed by atoms with Crippen LogP contribution in [0.15, 0.2) is 66.4 Å². The Balaban J connectivity index is 1.64. The van der Waals surface area contributed by atoms with E-state index in [0.717, 1.165) is 20.8 Å². The molecule has 6 unspecified atom stereocenters. The van der Waals surface area contributed by atoms with E-state index in [1.165, 1.54) is 28.0 Å². The molecule has 34 heteroatoms. The summed E-state index contributed by atoms with van der Waals surface area (Å²) in [7, 11) is 2.81. The van der Waals surface area contributed by atoms with Gasteiger partial charge in [-0.1, -0.05) is 83.2 Å². The highest BCUT2D eigenvalue weighted by molar-refractivity contribution is 6.03. The molecule has 586 valence electrons. The third-order valence-corrected chi connectivity index (χ3v) is 18.7. The largest absolute Gasteiger partial charge is 0.497 e. The Morgan fingerprint density at radius 1 is 0.651 bits per heavy atom. The first-order valence-electron chi connectivity index (χ1n) is 35.9. The van der Waals surface area contributed by atoms with E-state index in [1.54, 1.807) is 89.2 Å². The lowest BCUT2D eigenvalue weighted by atomic mass is 9.93. The third-order valence-electron chi connectivity index (χ3n) is 18.7. The van der Waals surface area contributed by atoms with Crippen LogP contribution >= 0.6 is 0 Å². The van der Waals surface area contributed by atoms with Crippen molar-refractivity contribution in [2.75, 3.05) is 47.0 Å². The maximum atomic E-state index is 15.2. The number of aryl methyl sites for hydroxylation is 1. The van der Waals surface area contributed by atoms with E-state index in [4.69, 9.17) is 15.2 Å². The van der Waals surface area contributed by atoms with E-state index in [1.807, 2.05) is 0 Å². The molecule has 3 aliphatic rings. The van der Waals surface area contributed by atoms with Gasteiger partial charge in [0.15, 0.2) is 6.10 Å². The fraction of sp³-hybridized carbons (Fsp3) is 0.611. The van der Waals surface area contributed by atoms with Crippen molar-refractivity contribution in [3.63, 3.8) is 0 Å². The topological polar surface area (TPSA) is 503 Å². The Morgan fingerprint density at radius 3 is 1.82 bits per heavy atom. The number of nitrogens with two attached hydrogens (primary N) is 1. The van der Waals surface area contributed by atoms with Gasteiger partial charge in [-0.05, 0) is 107 Å². The molecule has 16 N–H and O–H groups in total. The predicted molar refractivity (Wildman–Crippen MR) is 381 cm³/mol. The molecule has 0 radical (unpaired) electrons. The summed E-state index contributed by atoms with van der Waals surface area (Å²) in [6.07, 6.45) is -7.99. The van der Waals surface area contributed by atoms with E-state index >= 15 is 9.59 Å². The maximum Gasteiger partial charge on any atom is 0.328 e. The van der Waals surface area contributed by atoms with Gasteiger partial charge < -0.3 is 103 Å². The second kappa shape index (κ2) is 42.5. The van der Waals surface area contributed by atoms with Gasteiger partial charge in [-0.15, -0.1) is 0 Å². The molecule has 13 amide bonds. The number of fused-ring (bicyclic) bond motifs is 2. The number of ether oxygens (including phenoxy) is 2. The summed E-state index contributed by atoms with van der Waals surface area (Å²) < 4.78 is 11.3. The summed E-state index contributed by atoms with van der Waals surface area (Å²) in [6.45, 7) is 7.91. The van der Waals surface area contributed by atoms with E-state index in [2.05, 4.69) is 47.9 Å². The number of hydrogen-bond donors (Lipinski definition) is 15. The fourth-order valence-electron chi connectivity index (χ4n) is 12.5. The van der Waals surface area contributed by atoms with Crippen molar-refractivity contribution in [1.82, 2.24) is 62.6 Å². The highest BCUT2D eigenvalue weighted by Crippen LogP contribution is 2.25. The number of esters is 1. The zero-order valence-corrected chi connectivity index (χ0v) is 61.6. The number of aliphatic hydroxyl groups is 5. The minimum atomic E-state index is -2.48. The molecule has 0 spiro atoms. The molecule has 3 fully saturated rings. The van der Waals surface area contributed by atoms with Gasteiger partial charge in [0.1, 0.15) is 71.9 Å². The van der Waals surface area contributed by atoms with Gasteiger partial charge >= 0.3 is 5.97 Å². The van der Waals surface area contributed by atoms with Crippen LogP contribution in [0.5, 0.6) is 5.75 Å². The van der Waals surface area contributed by atoms with Crippen molar-refractivity contribution in [2.24, 2.45) is 17.6 Å². The molecule has 34 nitrogen and oxygen atoms in total. The molecular formula is C72H107N13O21. The van der Waals surface area contributed by atoms with Crippen molar-refractivity contribution in [3.05, 3.63) is 77.5 Å². The molecule has 3 heterocycles. The van der Waals surface area contributed by atoms with Crippen molar-refractivity contribution in [1.29, 1.82) is 0 Å². The van der Waals surface area contributed by atoms with Crippen LogP contribution in [0.1, 0.15) is 137 Å². The standard InChI is InChI=1S/C72H107N13O21/c1-10-17-58(91)83(8)41(7)72(104)106-45(35-56(89)55(88)32-39(3)4)34-49-61(93)70(102)76-47(28-29-57(73)90)62(94)74-36-59(92)84-30-15-20-53(84)67(99)79-50(33-43-18-13-12-14-19-43)64(96)82-60(40(5)6)69(101)81-52(38-87)65(97)75-46(11-2)63(95)80-51(37-86)66(98)77-48(27-24-42-22-25-44(105-9)26-23-42)71(103)85-31-16-21-54(85)68(100)78-49/h11-14,18-19,22-23,25-26,39-41,45,47-56,60-61,86-89,93H,10,15-17,20-21,24,27-38H2,1-9H3,(H2,73,90)(H,74,94)(H,75,97)(H,76,102)(H,77,98)(H,78,100)(H,79,99)(H,80,95)(H,81,101)(H,82,96)/b46-11+/t41-,45?,47-,48?,49?,50+,51+,52+,53+,54+,55?,56?,60-,61?/m1/s1. The summed E-state index contributed by atoms with van der Waals surface area (Å²) in [5.41, 5.74) is 6.17. The Hall–Kier alpha value is -9.64. The number of allylic oxidation sites excluding steroid dienone is 1. The zero-order chi connectivity index (χ0) is 78.6. The van der Waals surface area contributed by atoms with Gasteiger partial charge in [0.2, 0.25) is 65.0 Å². The number of carbonyl (C=O) groups excluding carboxylic acids is 14.